The van der Waals surface area contributed by atoms with E-state index in [2.05, 4.69) is 20.8 Å². The zero-order valence-corrected chi connectivity index (χ0v) is 13.2. The smallest absolute Gasteiger partial charge is 0.305 e. The van der Waals surface area contributed by atoms with Gasteiger partial charge in [0.15, 0.2) is 0 Å². The summed E-state index contributed by atoms with van der Waals surface area (Å²) in [5.41, 5.74) is -0.825. The van der Waals surface area contributed by atoms with E-state index in [1.807, 2.05) is 0 Å². The van der Waals surface area contributed by atoms with Gasteiger partial charge in [0.25, 0.3) is 0 Å². The van der Waals surface area contributed by atoms with E-state index in [4.69, 9.17) is 9.84 Å². The minimum Gasteiger partial charge on any atom is -0.465 e. The first-order valence-electron chi connectivity index (χ1n) is 7.99. The number of hydrogen-bond acceptors (Lipinski definition) is 3. The predicted octanol–water partition coefficient (Wildman–Crippen LogP) is 4.10. The summed E-state index contributed by atoms with van der Waals surface area (Å²) >= 11 is 0. The summed E-state index contributed by atoms with van der Waals surface area (Å²) in [6.45, 7) is 9.48. The fraction of sp³-hybridized carbons (Fsp3) is 0.824. The molecular formula is C17H32O3. The summed E-state index contributed by atoms with van der Waals surface area (Å²) in [6, 6.07) is 0. The summed E-state index contributed by atoms with van der Waals surface area (Å²) in [5.74, 6) is -0.210. The molecule has 3 nitrogen and oxygen atoms in total. The number of hydrogen-bond donors (Lipinski definition) is 1. The largest absolute Gasteiger partial charge is 0.465 e. The zero-order chi connectivity index (χ0) is 15.3. The maximum atomic E-state index is 11.5. The average molecular weight is 284 g/mol. The van der Waals surface area contributed by atoms with Crippen LogP contribution in [0.15, 0.2) is 0 Å². The Morgan fingerprint density at radius 1 is 1.00 bits per heavy atom. The molecule has 0 aromatic heterocycles. The Kier molecular flexibility index (Phi) is 11.8. The number of aliphatic hydroxyl groups excluding tert-OH is 1. The van der Waals surface area contributed by atoms with E-state index in [1.54, 1.807) is 0 Å². The molecule has 0 heterocycles. The van der Waals surface area contributed by atoms with E-state index in [-0.39, 0.29) is 19.2 Å². The van der Waals surface area contributed by atoms with Crippen LogP contribution in [0, 0.1) is 19.3 Å². The summed E-state index contributed by atoms with van der Waals surface area (Å²) in [7, 11) is 0. The fourth-order valence-electron chi connectivity index (χ4n) is 1.93. The lowest BCUT2D eigenvalue weighted by molar-refractivity contribution is -0.146. The van der Waals surface area contributed by atoms with Gasteiger partial charge in [0.1, 0.15) is 0 Å². The maximum absolute atomic E-state index is 11.5. The van der Waals surface area contributed by atoms with Gasteiger partial charge in [-0.05, 0) is 20.3 Å². The lowest BCUT2D eigenvalue weighted by Crippen LogP contribution is -2.26. The standard InChI is InChI=1S/C17H32O3/c1-4-5-6-7-8-9-10-11-12-13-16(19)20-15-17(2,3)14-18/h18H,2-15H2,1H3. The van der Waals surface area contributed by atoms with Gasteiger partial charge in [-0.3, -0.25) is 4.79 Å². The zero-order valence-electron chi connectivity index (χ0n) is 13.2. The molecule has 0 aliphatic carbocycles. The van der Waals surface area contributed by atoms with Crippen LogP contribution in [-0.2, 0) is 9.53 Å². The molecule has 2 radical (unpaired) electrons. The first-order valence-corrected chi connectivity index (χ1v) is 7.99. The van der Waals surface area contributed by atoms with E-state index < -0.39 is 5.41 Å². The Bertz CT molecular complexity index is 236. The minimum absolute atomic E-state index is 0.0831. The van der Waals surface area contributed by atoms with Crippen molar-refractivity contribution in [3.05, 3.63) is 13.8 Å². The van der Waals surface area contributed by atoms with Gasteiger partial charge in [0.05, 0.1) is 13.2 Å². The van der Waals surface area contributed by atoms with Crippen molar-refractivity contribution in [2.24, 2.45) is 5.41 Å². The van der Waals surface area contributed by atoms with Crippen LogP contribution in [0.1, 0.15) is 71.1 Å². The third-order valence-electron chi connectivity index (χ3n) is 3.36. The van der Waals surface area contributed by atoms with Gasteiger partial charge >= 0.3 is 5.97 Å². The molecule has 0 unspecified atom stereocenters. The fourth-order valence-corrected chi connectivity index (χ4v) is 1.93. The normalized spacial score (nSPS) is 11.6. The molecule has 0 amide bonds. The SMILES string of the molecule is [CH2]C([CH2])(CO)COC(=O)CCCCCCCCCCC. The topological polar surface area (TPSA) is 46.5 Å². The highest BCUT2D eigenvalue weighted by molar-refractivity contribution is 5.69. The van der Waals surface area contributed by atoms with Crippen LogP contribution in [0.3, 0.4) is 0 Å². The van der Waals surface area contributed by atoms with Gasteiger partial charge in [0, 0.05) is 11.8 Å². The first-order chi connectivity index (χ1) is 9.52. The van der Waals surface area contributed by atoms with E-state index >= 15 is 0 Å². The van der Waals surface area contributed by atoms with Crippen LogP contribution in [-0.4, -0.2) is 24.3 Å². The van der Waals surface area contributed by atoms with Crippen LogP contribution in [0.2, 0.25) is 0 Å². The molecule has 0 bridgehead atoms. The molecule has 0 fully saturated rings. The van der Waals surface area contributed by atoms with Gasteiger partial charge < -0.3 is 9.84 Å². The Balaban J connectivity index is 3.32. The number of unbranched alkanes of at least 4 members (excludes halogenated alkanes) is 8. The van der Waals surface area contributed by atoms with Crippen molar-refractivity contribution < 1.29 is 14.6 Å². The monoisotopic (exact) mass is 284 g/mol. The van der Waals surface area contributed by atoms with E-state index in [0.717, 1.165) is 12.8 Å². The Morgan fingerprint density at radius 2 is 1.50 bits per heavy atom. The number of esters is 1. The second-order valence-corrected chi connectivity index (χ2v) is 5.90. The van der Waals surface area contributed by atoms with Gasteiger partial charge in [-0.15, -0.1) is 0 Å². The molecule has 3 heteroatoms. The van der Waals surface area contributed by atoms with E-state index in [1.165, 1.54) is 44.9 Å². The molecule has 118 valence electrons. The van der Waals surface area contributed by atoms with Crippen molar-refractivity contribution in [3.8, 4) is 0 Å². The highest BCUT2D eigenvalue weighted by Gasteiger charge is 2.19. The van der Waals surface area contributed by atoms with Crippen LogP contribution in [0.4, 0.5) is 0 Å². The van der Waals surface area contributed by atoms with E-state index in [9.17, 15) is 4.79 Å². The summed E-state index contributed by atoms with van der Waals surface area (Å²) < 4.78 is 5.05. The molecule has 0 aliphatic rings. The molecule has 0 saturated carbocycles. The quantitative estimate of drug-likeness (QED) is 0.409. The van der Waals surface area contributed by atoms with Crippen LogP contribution >= 0.6 is 0 Å². The molecule has 0 spiro atoms. The number of aliphatic hydroxyl groups is 1. The lowest BCUT2D eigenvalue weighted by Gasteiger charge is -2.20. The van der Waals surface area contributed by atoms with Crippen LogP contribution < -0.4 is 0 Å². The van der Waals surface area contributed by atoms with Crippen molar-refractivity contribution in [1.82, 2.24) is 0 Å². The summed E-state index contributed by atoms with van der Waals surface area (Å²) in [5, 5.41) is 8.94. The molecule has 1 N–H and O–H groups in total. The highest BCUT2D eigenvalue weighted by Crippen LogP contribution is 2.14. The maximum Gasteiger partial charge on any atom is 0.305 e. The van der Waals surface area contributed by atoms with Gasteiger partial charge in [-0.2, -0.15) is 0 Å². The van der Waals surface area contributed by atoms with Crippen LogP contribution in [0.25, 0.3) is 0 Å². The first kappa shape index (κ1) is 19.4. The third kappa shape index (κ3) is 12.5. The molecule has 0 saturated heterocycles. The van der Waals surface area contributed by atoms with Crippen molar-refractivity contribution in [3.63, 3.8) is 0 Å². The van der Waals surface area contributed by atoms with E-state index in [0.29, 0.717) is 6.42 Å². The number of ether oxygens (including phenoxy) is 1. The number of carbonyl (C=O) groups is 1. The van der Waals surface area contributed by atoms with Gasteiger partial charge in [-0.25, -0.2) is 0 Å². The molecule has 0 aliphatic heterocycles. The van der Waals surface area contributed by atoms with Crippen molar-refractivity contribution in [1.29, 1.82) is 0 Å². The van der Waals surface area contributed by atoms with Crippen molar-refractivity contribution in [2.45, 2.75) is 71.1 Å². The molecule has 0 rings (SSSR count). The second kappa shape index (κ2) is 12.2. The van der Waals surface area contributed by atoms with Gasteiger partial charge in [-0.1, -0.05) is 58.3 Å². The summed E-state index contributed by atoms with van der Waals surface area (Å²) in [6.07, 6.45) is 11.5. The van der Waals surface area contributed by atoms with Crippen molar-refractivity contribution in [2.75, 3.05) is 13.2 Å². The summed E-state index contributed by atoms with van der Waals surface area (Å²) in [4.78, 5) is 11.5. The Hall–Kier alpha value is -0.570. The molecular weight excluding hydrogens is 252 g/mol. The Morgan fingerprint density at radius 3 is 2.00 bits per heavy atom. The van der Waals surface area contributed by atoms with Crippen LogP contribution in [0.5, 0.6) is 0 Å². The second-order valence-electron chi connectivity index (χ2n) is 5.90. The molecule has 0 aromatic rings. The third-order valence-corrected chi connectivity index (χ3v) is 3.36. The highest BCUT2D eigenvalue weighted by atomic mass is 16.5. The average Bonchev–Trinajstić information content (AvgIpc) is 2.43. The molecule has 20 heavy (non-hydrogen) atoms. The van der Waals surface area contributed by atoms with Crippen molar-refractivity contribution >= 4 is 5.97 Å². The lowest BCUT2D eigenvalue weighted by atomic mass is 9.96. The molecule has 0 aromatic carbocycles. The molecule has 0 atom stereocenters. The van der Waals surface area contributed by atoms with Gasteiger partial charge in [0.2, 0.25) is 0 Å². The number of rotatable bonds is 13. The Labute approximate surface area is 125 Å². The minimum atomic E-state index is -0.825. The predicted molar refractivity (Wildman–Crippen MR) is 83.0 cm³/mol. The number of carbonyl (C=O) groups excluding carboxylic acids is 1.